The van der Waals surface area contributed by atoms with Gasteiger partial charge in [-0.15, -0.1) is 0 Å². The molecule has 0 radical (unpaired) electrons. The Morgan fingerprint density at radius 3 is 2.87 bits per heavy atom. The van der Waals surface area contributed by atoms with Crippen LogP contribution in [0.3, 0.4) is 0 Å². The minimum Gasteiger partial charge on any atom is -0.391 e. The van der Waals surface area contributed by atoms with Crippen LogP contribution in [0.1, 0.15) is 31.4 Å². The number of aliphatic hydroxyl groups is 1. The second-order valence-electron chi connectivity index (χ2n) is 8.65. The lowest BCUT2D eigenvalue weighted by atomic mass is 9.90. The molecule has 0 bridgehead atoms. The fourth-order valence-electron chi connectivity index (χ4n) is 5.08. The third kappa shape index (κ3) is 3.49. The Balaban J connectivity index is 1.34. The Bertz CT molecular complexity index is 1240. The molecule has 31 heavy (non-hydrogen) atoms. The van der Waals surface area contributed by atoms with Gasteiger partial charge in [0, 0.05) is 18.6 Å². The van der Waals surface area contributed by atoms with Gasteiger partial charge in [0.25, 0.3) is 0 Å². The van der Waals surface area contributed by atoms with E-state index in [1.54, 1.807) is 6.33 Å². The third-order valence-corrected chi connectivity index (χ3v) is 6.91. The fourth-order valence-corrected chi connectivity index (χ4v) is 5.08. The highest BCUT2D eigenvalue weighted by atomic mass is 16.3. The molecule has 1 aliphatic rings. The summed E-state index contributed by atoms with van der Waals surface area (Å²) in [7, 11) is 1.86. The van der Waals surface area contributed by atoms with E-state index < -0.39 is 6.10 Å². The number of fused-ring (bicyclic) bond motifs is 2. The second-order valence-corrected chi connectivity index (χ2v) is 8.65. The molecule has 160 valence electrons. The van der Waals surface area contributed by atoms with Gasteiger partial charge in [-0.25, -0.2) is 15.0 Å². The number of rotatable bonds is 5. The van der Waals surface area contributed by atoms with Gasteiger partial charge >= 0.3 is 0 Å². The highest BCUT2D eigenvalue weighted by Crippen LogP contribution is 2.43. The maximum Gasteiger partial charge on any atom is 0.145 e. The Morgan fingerprint density at radius 1 is 1.19 bits per heavy atom. The second kappa shape index (κ2) is 7.81. The number of hydrogen-bond donors (Lipinski definition) is 3. The van der Waals surface area contributed by atoms with Gasteiger partial charge in [0.2, 0.25) is 0 Å². The van der Waals surface area contributed by atoms with E-state index in [1.807, 2.05) is 31.4 Å². The Labute approximate surface area is 181 Å². The van der Waals surface area contributed by atoms with Crippen LogP contribution in [0.4, 0.5) is 11.6 Å². The van der Waals surface area contributed by atoms with Crippen molar-refractivity contribution in [1.29, 1.82) is 0 Å². The van der Waals surface area contributed by atoms with E-state index in [1.165, 1.54) is 5.56 Å². The molecule has 1 saturated carbocycles. The number of nitrogens with two attached hydrogens (primary N) is 1. The molecule has 0 saturated heterocycles. The summed E-state index contributed by atoms with van der Waals surface area (Å²) in [5, 5.41) is 16.3. The number of anilines is 2. The lowest BCUT2D eigenvalue weighted by Gasteiger charge is -2.20. The molecule has 0 aliphatic heterocycles. The summed E-state index contributed by atoms with van der Waals surface area (Å²) in [5.41, 5.74) is 8.91. The zero-order valence-corrected chi connectivity index (χ0v) is 17.9. The minimum atomic E-state index is -0.397. The van der Waals surface area contributed by atoms with Gasteiger partial charge in [0.1, 0.15) is 23.6 Å². The van der Waals surface area contributed by atoms with Gasteiger partial charge in [-0.1, -0.05) is 19.1 Å². The SMILES string of the molecule is CNc1ncnc2c1ccn2[C@@H]1C[C@H](CCc2ccc3ccc(N)nc3c2)C(C)[C@H]1O. The number of nitrogens with one attached hydrogen (secondary N) is 1. The first-order valence-corrected chi connectivity index (χ1v) is 10.9. The minimum absolute atomic E-state index is 0.0233. The van der Waals surface area contributed by atoms with Crippen molar-refractivity contribution in [2.75, 3.05) is 18.1 Å². The van der Waals surface area contributed by atoms with E-state index in [0.29, 0.717) is 11.7 Å². The molecule has 4 atom stereocenters. The summed E-state index contributed by atoms with van der Waals surface area (Å²) in [6.07, 6.45) is 6.13. The molecule has 1 aliphatic carbocycles. The number of aromatic nitrogens is 4. The lowest BCUT2D eigenvalue weighted by Crippen LogP contribution is -2.23. The highest BCUT2D eigenvalue weighted by molar-refractivity contribution is 5.87. The number of benzene rings is 1. The van der Waals surface area contributed by atoms with Crippen LogP contribution in [-0.4, -0.2) is 37.8 Å². The standard InChI is InChI=1S/C24H28N6O/c1-14-17(6-4-15-3-5-16-7-8-21(25)29-19(16)11-15)12-20(22(14)31)30-10-9-18-23(26-2)27-13-28-24(18)30/h3,5,7-11,13-14,17,20,22,31H,4,6,12H2,1-2H3,(H2,25,29)(H,26,27,28)/t14?,17-,20+,22+/m0/s1. The molecule has 1 fully saturated rings. The van der Waals surface area contributed by atoms with Crippen LogP contribution in [0.2, 0.25) is 0 Å². The monoisotopic (exact) mass is 416 g/mol. The van der Waals surface area contributed by atoms with E-state index in [0.717, 1.165) is 47.0 Å². The number of nitrogen functional groups attached to an aromatic ring is 1. The smallest absolute Gasteiger partial charge is 0.145 e. The van der Waals surface area contributed by atoms with Crippen molar-refractivity contribution in [3.8, 4) is 0 Å². The number of aryl methyl sites for hydroxylation is 1. The molecular formula is C24H28N6O. The van der Waals surface area contributed by atoms with Crippen molar-refractivity contribution in [2.45, 2.75) is 38.3 Å². The average molecular weight is 417 g/mol. The number of aliphatic hydroxyl groups excluding tert-OH is 1. The topological polar surface area (TPSA) is 102 Å². The summed E-state index contributed by atoms with van der Waals surface area (Å²) >= 11 is 0. The normalized spacial score (nSPS) is 23.6. The van der Waals surface area contributed by atoms with Crippen LogP contribution in [0.15, 0.2) is 48.9 Å². The summed E-state index contributed by atoms with van der Waals surface area (Å²) < 4.78 is 2.13. The Hall–Kier alpha value is -3.19. The van der Waals surface area contributed by atoms with Gasteiger partial charge in [0.15, 0.2) is 0 Å². The first kappa shape index (κ1) is 19.8. The van der Waals surface area contributed by atoms with E-state index in [9.17, 15) is 5.11 Å². The molecule has 4 aromatic rings. The van der Waals surface area contributed by atoms with Crippen molar-refractivity contribution in [3.05, 3.63) is 54.5 Å². The summed E-state index contributed by atoms with van der Waals surface area (Å²) in [6.45, 7) is 2.16. The molecule has 1 aromatic carbocycles. The zero-order chi connectivity index (χ0) is 21.5. The van der Waals surface area contributed by atoms with Crippen LogP contribution < -0.4 is 11.1 Å². The molecule has 1 unspecified atom stereocenters. The maximum atomic E-state index is 11.1. The number of nitrogens with zero attached hydrogens (tertiary/aromatic N) is 4. The summed E-state index contributed by atoms with van der Waals surface area (Å²) in [6, 6.07) is 12.3. The van der Waals surface area contributed by atoms with Crippen LogP contribution >= 0.6 is 0 Å². The van der Waals surface area contributed by atoms with Crippen molar-refractivity contribution < 1.29 is 5.11 Å². The van der Waals surface area contributed by atoms with Gasteiger partial charge < -0.3 is 20.7 Å². The van der Waals surface area contributed by atoms with E-state index in [-0.39, 0.29) is 12.0 Å². The molecule has 0 amide bonds. The fraction of sp³-hybridized carbons (Fsp3) is 0.375. The highest BCUT2D eigenvalue weighted by Gasteiger charge is 2.40. The molecule has 3 aromatic heterocycles. The molecule has 4 N–H and O–H groups in total. The van der Waals surface area contributed by atoms with E-state index in [2.05, 4.69) is 50.0 Å². The maximum absolute atomic E-state index is 11.1. The van der Waals surface area contributed by atoms with Crippen molar-refractivity contribution >= 4 is 33.6 Å². The average Bonchev–Trinajstić information content (AvgIpc) is 3.33. The Kier molecular flexibility index (Phi) is 4.98. The van der Waals surface area contributed by atoms with Crippen LogP contribution in [0.25, 0.3) is 21.9 Å². The molecule has 7 nitrogen and oxygen atoms in total. The first-order chi connectivity index (χ1) is 15.0. The zero-order valence-electron chi connectivity index (χ0n) is 17.9. The van der Waals surface area contributed by atoms with E-state index in [4.69, 9.17) is 5.73 Å². The third-order valence-electron chi connectivity index (χ3n) is 6.91. The predicted molar refractivity (Wildman–Crippen MR) is 124 cm³/mol. The molecule has 7 heteroatoms. The molecule has 5 rings (SSSR count). The largest absolute Gasteiger partial charge is 0.391 e. The predicted octanol–water partition coefficient (Wildman–Crippen LogP) is 3.79. The Morgan fingerprint density at radius 2 is 2.03 bits per heavy atom. The van der Waals surface area contributed by atoms with Crippen LogP contribution in [0, 0.1) is 11.8 Å². The van der Waals surface area contributed by atoms with Crippen molar-refractivity contribution in [1.82, 2.24) is 19.5 Å². The van der Waals surface area contributed by atoms with Gasteiger partial charge in [0.05, 0.1) is 23.0 Å². The van der Waals surface area contributed by atoms with Crippen LogP contribution in [0.5, 0.6) is 0 Å². The van der Waals surface area contributed by atoms with E-state index >= 15 is 0 Å². The lowest BCUT2D eigenvalue weighted by molar-refractivity contribution is 0.0948. The number of pyridine rings is 1. The first-order valence-electron chi connectivity index (χ1n) is 10.9. The van der Waals surface area contributed by atoms with Crippen molar-refractivity contribution in [2.24, 2.45) is 11.8 Å². The van der Waals surface area contributed by atoms with Gasteiger partial charge in [-0.05, 0) is 60.9 Å². The van der Waals surface area contributed by atoms with Crippen LogP contribution in [-0.2, 0) is 6.42 Å². The summed E-state index contributed by atoms with van der Waals surface area (Å²) in [5.74, 6) is 2.02. The van der Waals surface area contributed by atoms with Gasteiger partial charge in [-0.3, -0.25) is 0 Å². The quantitative estimate of drug-likeness (QED) is 0.457. The summed E-state index contributed by atoms with van der Waals surface area (Å²) in [4.78, 5) is 13.2. The molecule has 0 spiro atoms. The number of hydrogen-bond acceptors (Lipinski definition) is 6. The molecular weight excluding hydrogens is 388 g/mol. The molecule has 3 heterocycles. The van der Waals surface area contributed by atoms with Gasteiger partial charge in [-0.2, -0.15) is 0 Å². The van der Waals surface area contributed by atoms with Crippen molar-refractivity contribution in [3.63, 3.8) is 0 Å².